The van der Waals surface area contributed by atoms with E-state index in [0.29, 0.717) is 32.8 Å². The molecule has 0 fully saturated rings. The molecular weight excluding hydrogens is 339 g/mol. The Kier molecular flexibility index (Phi) is 5.09. The first-order chi connectivity index (χ1) is 12.1. The Balaban J connectivity index is 1.85. The molecule has 1 heterocycles. The van der Waals surface area contributed by atoms with Gasteiger partial charge in [-0.3, -0.25) is 9.59 Å². The Labute approximate surface area is 148 Å². The van der Waals surface area contributed by atoms with Crippen LogP contribution in [-0.4, -0.2) is 18.4 Å². The Morgan fingerprint density at radius 2 is 1.88 bits per heavy atom. The van der Waals surface area contributed by atoms with Gasteiger partial charge in [0, 0.05) is 16.6 Å². The van der Waals surface area contributed by atoms with Crippen molar-refractivity contribution in [2.75, 3.05) is 11.9 Å². The molecule has 0 aliphatic rings. The number of para-hydroxylation sites is 1. The van der Waals surface area contributed by atoms with Gasteiger partial charge in [0.15, 0.2) is 0 Å². The van der Waals surface area contributed by atoms with E-state index >= 15 is 0 Å². The van der Waals surface area contributed by atoms with Crippen LogP contribution < -0.4 is 10.6 Å². The zero-order valence-electron chi connectivity index (χ0n) is 13.6. The molecule has 0 unspecified atom stereocenters. The molecule has 0 aliphatic heterocycles. The van der Waals surface area contributed by atoms with Crippen LogP contribution in [0.5, 0.6) is 0 Å². The highest BCUT2D eigenvalue weighted by Gasteiger charge is 2.16. The molecule has 2 amide bonds. The van der Waals surface area contributed by atoms with Gasteiger partial charge < -0.3 is 10.6 Å². The number of carbonyl (C=O) groups excluding carboxylic acids is 2. The Morgan fingerprint density at radius 3 is 2.64 bits per heavy atom. The zero-order chi connectivity index (χ0) is 17.8. The van der Waals surface area contributed by atoms with Crippen LogP contribution in [0.1, 0.15) is 33.4 Å². The molecule has 0 saturated carbocycles. The van der Waals surface area contributed by atoms with Gasteiger partial charge in [-0.15, -0.1) is 11.3 Å². The van der Waals surface area contributed by atoms with E-state index in [9.17, 15) is 14.0 Å². The SMILES string of the molecule is CCCNC(=O)c1ccccc1NC(=O)c1cc2c(F)cccc2s1. The van der Waals surface area contributed by atoms with E-state index in [4.69, 9.17) is 0 Å². The first kappa shape index (κ1) is 17.1. The second-order valence-electron chi connectivity index (χ2n) is 5.52. The monoisotopic (exact) mass is 356 g/mol. The van der Waals surface area contributed by atoms with Crippen molar-refractivity contribution in [1.29, 1.82) is 0 Å². The molecule has 2 aromatic carbocycles. The lowest BCUT2D eigenvalue weighted by molar-refractivity contribution is 0.0954. The molecule has 128 valence electrons. The third-order valence-electron chi connectivity index (χ3n) is 3.69. The molecule has 0 radical (unpaired) electrons. The fourth-order valence-corrected chi connectivity index (χ4v) is 3.42. The van der Waals surface area contributed by atoms with Crippen molar-refractivity contribution >= 4 is 38.9 Å². The summed E-state index contributed by atoms with van der Waals surface area (Å²) >= 11 is 1.21. The number of nitrogens with one attached hydrogen (secondary N) is 2. The molecule has 3 aromatic rings. The maximum absolute atomic E-state index is 13.8. The molecule has 0 spiro atoms. The fraction of sp³-hybridized carbons (Fsp3) is 0.158. The molecule has 0 bridgehead atoms. The van der Waals surface area contributed by atoms with Gasteiger partial charge >= 0.3 is 0 Å². The highest BCUT2D eigenvalue weighted by atomic mass is 32.1. The lowest BCUT2D eigenvalue weighted by Gasteiger charge is -2.10. The number of fused-ring (bicyclic) bond motifs is 1. The number of hydrogen-bond acceptors (Lipinski definition) is 3. The van der Waals surface area contributed by atoms with Gasteiger partial charge in [0.05, 0.1) is 16.1 Å². The van der Waals surface area contributed by atoms with Crippen LogP contribution in [0, 0.1) is 5.82 Å². The van der Waals surface area contributed by atoms with Crippen LogP contribution in [0.2, 0.25) is 0 Å². The fourth-order valence-electron chi connectivity index (χ4n) is 2.45. The van der Waals surface area contributed by atoms with Crippen molar-refractivity contribution in [2.45, 2.75) is 13.3 Å². The van der Waals surface area contributed by atoms with Crippen molar-refractivity contribution in [1.82, 2.24) is 5.32 Å². The molecule has 0 saturated heterocycles. The quantitative estimate of drug-likeness (QED) is 0.710. The first-order valence-corrected chi connectivity index (χ1v) is 8.78. The molecule has 25 heavy (non-hydrogen) atoms. The summed E-state index contributed by atoms with van der Waals surface area (Å²) in [6, 6.07) is 13.1. The number of anilines is 1. The summed E-state index contributed by atoms with van der Waals surface area (Å²) in [7, 11) is 0. The molecule has 6 heteroatoms. The van der Waals surface area contributed by atoms with Crippen molar-refractivity contribution in [3.8, 4) is 0 Å². The van der Waals surface area contributed by atoms with Crippen LogP contribution in [0.3, 0.4) is 0 Å². The summed E-state index contributed by atoms with van der Waals surface area (Å²) in [5, 5.41) is 5.97. The second kappa shape index (κ2) is 7.44. The molecule has 3 rings (SSSR count). The van der Waals surface area contributed by atoms with Gasteiger partial charge in [0.25, 0.3) is 11.8 Å². The van der Waals surface area contributed by atoms with E-state index < -0.39 is 0 Å². The predicted octanol–water partition coefficient (Wildman–Crippen LogP) is 4.43. The van der Waals surface area contributed by atoms with Crippen LogP contribution in [-0.2, 0) is 0 Å². The van der Waals surface area contributed by atoms with Crippen molar-refractivity contribution in [3.05, 3.63) is 64.8 Å². The van der Waals surface area contributed by atoms with Crippen LogP contribution in [0.4, 0.5) is 10.1 Å². The second-order valence-corrected chi connectivity index (χ2v) is 6.60. The first-order valence-electron chi connectivity index (χ1n) is 7.96. The average molecular weight is 356 g/mol. The number of thiophene rings is 1. The molecule has 1 aromatic heterocycles. The predicted molar refractivity (Wildman–Crippen MR) is 98.8 cm³/mol. The maximum atomic E-state index is 13.8. The summed E-state index contributed by atoms with van der Waals surface area (Å²) in [4.78, 5) is 25.1. The Morgan fingerprint density at radius 1 is 1.08 bits per heavy atom. The highest BCUT2D eigenvalue weighted by Crippen LogP contribution is 2.28. The minimum atomic E-state index is -0.364. The molecular formula is C19H17FN2O2S. The lowest BCUT2D eigenvalue weighted by atomic mass is 10.1. The summed E-state index contributed by atoms with van der Waals surface area (Å²) in [5.41, 5.74) is 0.829. The summed E-state index contributed by atoms with van der Waals surface area (Å²) < 4.78 is 14.5. The van der Waals surface area contributed by atoms with Gasteiger partial charge in [-0.05, 0) is 36.8 Å². The topological polar surface area (TPSA) is 58.2 Å². The van der Waals surface area contributed by atoms with Gasteiger partial charge in [-0.2, -0.15) is 0 Å². The Bertz CT molecular complexity index is 936. The maximum Gasteiger partial charge on any atom is 0.265 e. The van der Waals surface area contributed by atoms with Crippen LogP contribution in [0.15, 0.2) is 48.5 Å². The summed E-state index contributed by atoms with van der Waals surface area (Å²) in [5.74, 6) is -0.955. The molecule has 2 N–H and O–H groups in total. The van der Waals surface area contributed by atoms with E-state index in [1.807, 2.05) is 6.92 Å². The molecule has 4 nitrogen and oxygen atoms in total. The largest absolute Gasteiger partial charge is 0.352 e. The minimum Gasteiger partial charge on any atom is -0.352 e. The highest BCUT2D eigenvalue weighted by molar-refractivity contribution is 7.20. The molecule has 0 atom stereocenters. The third kappa shape index (κ3) is 3.69. The third-order valence-corrected chi connectivity index (χ3v) is 4.79. The number of rotatable bonds is 5. The van der Waals surface area contributed by atoms with Crippen molar-refractivity contribution < 1.29 is 14.0 Å². The lowest BCUT2D eigenvalue weighted by Crippen LogP contribution is -2.25. The molecule has 0 aliphatic carbocycles. The zero-order valence-corrected chi connectivity index (χ0v) is 14.5. The van der Waals surface area contributed by atoms with E-state index in [1.165, 1.54) is 23.5 Å². The van der Waals surface area contributed by atoms with Crippen LogP contribution >= 0.6 is 11.3 Å². The van der Waals surface area contributed by atoms with Gasteiger partial charge in [-0.25, -0.2) is 4.39 Å². The van der Waals surface area contributed by atoms with Gasteiger partial charge in [0.1, 0.15) is 5.82 Å². The van der Waals surface area contributed by atoms with Crippen molar-refractivity contribution in [3.63, 3.8) is 0 Å². The van der Waals surface area contributed by atoms with E-state index in [2.05, 4.69) is 10.6 Å². The van der Waals surface area contributed by atoms with Crippen LogP contribution in [0.25, 0.3) is 10.1 Å². The minimum absolute atomic E-state index is 0.236. The number of halogens is 1. The smallest absolute Gasteiger partial charge is 0.265 e. The number of benzene rings is 2. The van der Waals surface area contributed by atoms with Crippen molar-refractivity contribution in [2.24, 2.45) is 0 Å². The van der Waals surface area contributed by atoms with E-state index in [0.717, 1.165) is 6.42 Å². The Hall–Kier alpha value is -2.73. The van der Waals surface area contributed by atoms with E-state index in [-0.39, 0.29) is 17.6 Å². The normalized spacial score (nSPS) is 10.6. The average Bonchev–Trinajstić information content (AvgIpc) is 3.06. The van der Waals surface area contributed by atoms with Gasteiger partial charge in [0.2, 0.25) is 0 Å². The van der Waals surface area contributed by atoms with Gasteiger partial charge in [-0.1, -0.05) is 25.1 Å². The van der Waals surface area contributed by atoms with E-state index in [1.54, 1.807) is 36.4 Å². The number of carbonyl (C=O) groups is 2. The standard InChI is InChI=1S/C19H17FN2O2S/c1-2-10-21-18(23)12-6-3-4-8-15(12)22-19(24)17-11-13-14(20)7-5-9-16(13)25-17/h3-9,11H,2,10H2,1H3,(H,21,23)(H,22,24). The number of amides is 2. The summed E-state index contributed by atoms with van der Waals surface area (Å²) in [6.45, 7) is 2.53. The summed E-state index contributed by atoms with van der Waals surface area (Å²) in [6.07, 6.45) is 0.827. The number of hydrogen-bond donors (Lipinski definition) is 2.